The van der Waals surface area contributed by atoms with E-state index in [1.807, 2.05) is 26.0 Å². The van der Waals surface area contributed by atoms with Crippen LogP contribution in [0.5, 0.6) is 11.5 Å². The Bertz CT molecular complexity index is 719. The summed E-state index contributed by atoms with van der Waals surface area (Å²) in [4.78, 5) is 0. The molecule has 0 aliphatic carbocycles. The Balaban J connectivity index is 2.25. The predicted octanol–water partition coefficient (Wildman–Crippen LogP) is 7.60. The van der Waals surface area contributed by atoms with Gasteiger partial charge in [-0.1, -0.05) is 64.0 Å². The lowest BCUT2D eigenvalue weighted by molar-refractivity contribution is 0.446. The normalized spacial score (nSPS) is 11.4. The highest BCUT2D eigenvalue weighted by atomic mass is 16.3. The van der Waals surface area contributed by atoms with Crippen molar-refractivity contribution in [2.45, 2.75) is 91.9 Å². The van der Waals surface area contributed by atoms with Crippen LogP contribution in [0.2, 0.25) is 0 Å². The van der Waals surface area contributed by atoms with E-state index in [9.17, 15) is 10.2 Å². The fourth-order valence-corrected chi connectivity index (χ4v) is 3.99. The van der Waals surface area contributed by atoms with Gasteiger partial charge in [-0.15, -0.1) is 0 Å². The highest BCUT2D eigenvalue weighted by Gasteiger charge is 2.22. The molecule has 0 atom stereocenters. The van der Waals surface area contributed by atoms with Crippen LogP contribution in [-0.2, 0) is 0 Å². The summed E-state index contributed by atoms with van der Waals surface area (Å²) < 4.78 is 0. The molecule has 0 unspecified atom stereocenters. The maximum Gasteiger partial charge on any atom is 0.119 e. The summed E-state index contributed by atoms with van der Waals surface area (Å²) in [5.41, 5.74) is 6.43. The molecule has 0 fully saturated rings. The van der Waals surface area contributed by atoms with Crippen LogP contribution < -0.4 is 0 Å². The van der Waals surface area contributed by atoms with Crippen LogP contribution in [0.25, 0.3) is 0 Å². The SMILES string of the molecule is CCCCCCCCCC(c1cc(C)c(C)cc1O)c1cc(C)c(C)cc1O. The van der Waals surface area contributed by atoms with Gasteiger partial charge in [-0.3, -0.25) is 0 Å². The van der Waals surface area contributed by atoms with Crippen molar-refractivity contribution in [1.82, 2.24) is 0 Å². The van der Waals surface area contributed by atoms with E-state index < -0.39 is 0 Å². The van der Waals surface area contributed by atoms with E-state index in [4.69, 9.17) is 0 Å². The van der Waals surface area contributed by atoms with E-state index in [1.165, 1.54) is 49.7 Å². The molecule has 2 aromatic rings. The molecule has 0 radical (unpaired) electrons. The highest BCUT2D eigenvalue weighted by Crippen LogP contribution is 2.41. The quantitative estimate of drug-likeness (QED) is 0.415. The Kier molecular flexibility index (Phi) is 8.41. The monoisotopic (exact) mass is 382 g/mol. The van der Waals surface area contributed by atoms with Crippen LogP contribution in [0, 0.1) is 27.7 Å². The third-order valence-electron chi connectivity index (χ3n) is 6.13. The van der Waals surface area contributed by atoms with Crippen molar-refractivity contribution in [2.24, 2.45) is 0 Å². The van der Waals surface area contributed by atoms with Crippen molar-refractivity contribution in [3.8, 4) is 11.5 Å². The van der Waals surface area contributed by atoms with Gasteiger partial charge in [0.25, 0.3) is 0 Å². The molecule has 0 heterocycles. The van der Waals surface area contributed by atoms with E-state index in [1.54, 1.807) is 0 Å². The first kappa shape index (κ1) is 22.3. The summed E-state index contributed by atoms with van der Waals surface area (Å²) in [6, 6.07) is 7.93. The van der Waals surface area contributed by atoms with Crippen LogP contribution in [0.1, 0.15) is 97.6 Å². The molecule has 2 heteroatoms. The number of phenols is 2. The second kappa shape index (κ2) is 10.5. The lowest BCUT2D eigenvalue weighted by Gasteiger charge is -2.22. The summed E-state index contributed by atoms with van der Waals surface area (Å²) in [7, 11) is 0. The summed E-state index contributed by atoms with van der Waals surface area (Å²) in [5.74, 6) is 0.705. The van der Waals surface area contributed by atoms with Crippen LogP contribution in [0.3, 0.4) is 0 Å². The average Bonchev–Trinajstić information content (AvgIpc) is 2.64. The van der Waals surface area contributed by atoms with Gasteiger partial charge in [0.05, 0.1) is 0 Å². The van der Waals surface area contributed by atoms with Crippen LogP contribution in [-0.4, -0.2) is 10.2 Å². The van der Waals surface area contributed by atoms with Gasteiger partial charge in [0.1, 0.15) is 11.5 Å². The molecular weight excluding hydrogens is 344 g/mol. The zero-order valence-corrected chi connectivity index (χ0v) is 18.4. The minimum absolute atomic E-state index is 0.0224. The number of hydrogen-bond donors (Lipinski definition) is 2. The first-order chi connectivity index (χ1) is 13.3. The zero-order valence-electron chi connectivity index (χ0n) is 18.4. The fourth-order valence-electron chi connectivity index (χ4n) is 3.99. The summed E-state index contributed by atoms with van der Waals surface area (Å²) in [6.45, 7) is 10.5. The second-order valence-corrected chi connectivity index (χ2v) is 8.45. The number of hydrogen-bond acceptors (Lipinski definition) is 2. The Morgan fingerprint density at radius 3 is 1.46 bits per heavy atom. The number of phenolic OH excluding ortho intramolecular Hbond substituents is 2. The van der Waals surface area contributed by atoms with Crippen molar-refractivity contribution in [3.63, 3.8) is 0 Å². The molecule has 28 heavy (non-hydrogen) atoms. The van der Waals surface area contributed by atoms with E-state index in [2.05, 4.69) is 32.9 Å². The molecule has 0 saturated carbocycles. The Morgan fingerprint density at radius 2 is 1.00 bits per heavy atom. The number of aromatic hydroxyl groups is 2. The van der Waals surface area contributed by atoms with Crippen molar-refractivity contribution in [2.75, 3.05) is 0 Å². The molecule has 2 nitrogen and oxygen atoms in total. The van der Waals surface area contributed by atoms with Gasteiger partial charge in [0.2, 0.25) is 0 Å². The maximum atomic E-state index is 10.7. The van der Waals surface area contributed by atoms with Gasteiger partial charge < -0.3 is 10.2 Å². The molecule has 0 aliphatic heterocycles. The Labute approximate surface area is 171 Å². The molecule has 2 aromatic carbocycles. The molecule has 2 N–H and O–H groups in total. The Hall–Kier alpha value is -1.96. The summed E-state index contributed by atoms with van der Waals surface area (Å²) in [6.07, 6.45) is 9.77. The largest absolute Gasteiger partial charge is 0.508 e. The lowest BCUT2D eigenvalue weighted by Crippen LogP contribution is -2.05. The molecule has 0 amide bonds. The van der Waals surface area contributed by atoms with Crippen molar-refractivity contribution in [1.29, 1.82) is 0 Å². The Morgan fingerprint density at radius 1 is 0.607 bits per heavy atom. The first-order valence-corrected chi connectivity index (χ1v) is 10.9. The van der Waals surface area contributed by atoms with Gasteiger partial charge in [-0.25, -0.2) is 0 Å². The maximum absolute atomic E-state index is 10.7. The molecule has 0 aromatic heterocycles. The third kappa shape index (κ3) is 5.77. The predicted molar refractivity (Wildman–Crippen MR) is 120 cm³/mol. The number of benzene rings is 2. The second-order valence-electron chi connectivity index (χ2n) is 8.45. The lowest BCUT2D eigenvalue weighted by atomic mass is 9.83. The van der Waals surface area contributed by atoms with Crippen molar-refractivity contribution >= 4 is 0 Å². The van der Waals surface area contributed by atoms with E-state index in [0.29, 0.717) is 11.5 Å². The van der Waals surface area contributed by atoms with Gasteiger partial charge in [0, 0.05) is 17.0 Å². The first-order valence-electron chi connectivity index (χ1n) is 10.9. The molecule has 0 aliphatic rings. The highest BCUT2D eigenvalue weighted by molar-refractivity contribution is 5.51. The standard InChI is InChI=1S/C26H38O2/c1-6-7-8-9-10-11-12-13-22(23-14-18(2)20(4)16-25(23)27)24-15-19(3)21(5)17-26(24)28/h14-17,22,27-28H,6-13H2,1-5H3. The van der Waals surface area contributed by atoms with Gasteiger partial charge in [-0.05, 0) is 68.5 Å². The molecule has 2 rings (SSSR count). The van der Waals surface area contributed by atoms with Crippen molar-refractivity contribution in [3.05, 3.63) is 57.6 Å². The van der Waals surface area contributed by atoms with Crippen LogP contribution in [0.15, 0.2) is 24.3 Å². The minimum Gasteiger partial charge on any atom is -0.508 e. The number of rotatable bonds is 10. The third-order valence-corrected chi connectivity index (χ3v) is 6.13. The smallest absolute Gasteiger partial charge is 0.119 e. The molecule has 0 spiro atoms. The van der Waals surface area contributed by atoms with Crippen LogP contribution >= 0.6 is 0 Å². The van der Waals surface area contributed by atoms with Gasteiger partial charge >= 0.3 is 0 Å². The molecular formula is C26H38O2. The van der Waals surface area contributed by atoms with Crippen LogP contribution in [0.4, 0.5) is 0 Å². The summed E-state index contributed by atoms with van der Waals surface area (Å²) >= 11 is 0. The molecule has 154 valence electrons. The fraction of sp³-hybridized carbons (Fsp3) is 0.538. The van der Waals surface area contributed by atoms with Crippen molar-refractivity contribution < 1.29 is 10.2 Å². The van der Waals surface area contributed by atoms with Gasteiger partial charge in [-0.2, -0.15) is 0 Å². The topological polar surface area (TPSA) is 40.5 Å². The average molecular weight is 383 g/mol. The summed E-state index contributed by atoms with van der Waals surface area (Å²) in [5, 5.41) is 21.4. The zero-order chi connectivity index (χ0) is 20.7. The minimum atomic E-state index is 0.0224. The van der Waals surface area contributed by atoms with E-state index >= 15 is 0 Å². The molecule has 0 saturated heterocycles. The van der Waals surface area contributed by atoms with E-state index in [-0.39, 0.29) is 5.92 Å². The molecule has 0 bridgehead atoms. The number of unbranched alkanes of at least 4 members (excludes halogenated alkanes) is 6. The van der Waals surface area contributed by atoms with Gasteiger partial charge in [0.15, 0.2) is 0 Å². The van der Waals surface area contributed by atoms with E-state index in [0.717, 1.165) is 35.1 Å². The number of aryl methyl sites for hydroxylation is 4.